The lowest BCUT2D eigenvalue weighted by molar-refractivity contribution is -0.123. The fourth-order valence-electron chi connectivity index (χ4n) is 3.94. The molecule has 2 aliphatic rings. The van der Waals surface area contributed by atoms with E-state index < -0.39 is 15.9 Å². The van der Waals surface area contributed by atoms with E-state index in [0.29, 0.717) is 22.3 Å². The molecule has 2 aromatic rings. The van der Waals surface area contributed by atoms with Crippen LogP contribution >= 0.6 is 23.2 Å². The van der Waals surface area contributed by atoms with Crippen LogP contribution in [0.15, 0.2) is 48.5 Å². The summed E-state index contributed by atoms with van der Waals surface area (Å²) in [6, 6.07) is 13.7. The van der Waals surface area contributed by atoms with Gasteiger partial charge in [0.25, 0.3) is 0 Å². The van der Waals surface area contributed by atoms with Gasteiger partial charge in [-0.1, -0.05) is 47.5 Å². The maximum Gasteiger partial charge on any atom is 0.241 e. The standard InChI is InChI=1S/C19H18Cl2N2O3S/c20-14-5-3-6-15(8-14)23-18-12-27(25,26)11-17(18)22(10-19(23)24)9-13-4-1-2-7-16(13)21/h1-8,17-18H,9-12H2. The first kappa shape index (κ1) is 18.7. The number of halogens is 2. The Bertz CT molecular complexity index is 996. The van der Waals surface area contributed by atoms with E-state index in [9.17, 15) is 13.2 Å². The third kappa shape index (κ3) is 3.72. The summed E-state index contributed by atoms with van der Waals surface area (Å²) < 4.78 is 24.8. The Balaban J connectivity index is 1.69. The molecule has 2 atom stereocenters. The molecule has 0 spiro atoms. The lowest BCUT2D eigenvalue weighted by Crippen LogP contribution is -2.61. The van der Waals surface area contributed by atoms with E-state index in [1.807, 2.05) is 23.1 Å². The number of carbonyl (C=O) groups is 1. The first-order valence-electron chi connectivity index (χ1n) is 8.59. The van der Waals surface area contributed by atoms with Crippen molar-refractivity contribution in [3.8, 4) is 0 Å². The largest absolute Gasteiger partial charge is 0.306 e. The van der Waals surface area contributed by atoms with Gasteiger partial charge in [0.15, 0.2) is 9.84 Å². The molecule has 4 rings (SSSR count). The van der Waals surface area contributed by atoms with E-state index in [2.05, 4.69) is 0 Å². The van der Waals surface area contributed by atoms with Gasteiger partial charge >= 0.3 is 0 Å². The Kier molecular flexibility index (Phi) is 4.93. The Morgan fingerprint density at radius 1 is 1.00 bits per heavy atom. The average Bonchev–Trinajstić information content (AvgIpc) is 2.92. The minimum Gasteiger partial charge on any atom is -0.306 e. The van der Waals surface area contributed by atoms with Crippen molar-refractivity contribution in [2.75, 3.05) is 23.0 Å². The second kappa shape index (κ2) is 7.09. The molecule has 0 bridgehead atoms. The topological polar surface area (TPSA) is 57.7 Å². The van der Waals surface area contributed by atoms with E-state index in [1.165, 1.54) is 0 Å². The highest BCUT2D eigenvalue weighted by Crippen LogP contribution is 2.34. The number of piperazine rings is 1. The maximum absolute atomic E-state index is 13.0. The number of carbonyl (C=O) groups excluding carboxylic acids is 1. The first-order valence-corrected chi connectivity index (χ1v) is 11.2. The summed E-state index contributed by atoms with van der Waals surface area (Å²) in [5, 5.41) is 1.12. The molecular weight excluding hydrogens is 407 g/mol. The summed E-state index contributed by atoms with van der Waals surface area (Å²) in [7, 11) is -3.24. The van der Waals surface area contributed by atoms with Crippen molar-refractivity contribution in [3.63, 3.8) is 0 Å². The number of hydrogen-bond acceptors (Lipinski definition) is 4. The third-order valence-corrected chi connectivity index (χ3v) is 7.42. The first-order chi connectivity index (χ1) is 12.8. The molecule has 2 aromatic carbocycles. The van der Waals surface area contributed by atoms with Gasteiger partial charge in [-0.05, 0) is 29.8 Å². The van der Waals surface area contributed by atoms with Gasteiger partial charge in [0.05, 0.1) is 24.1 Å². The Morgan fingerprint density at radius 2 is 1.74 bits per heavy atom. The normalized spacial score (nSPS) is 24.8. The molecule has 2 heterocycles. The van der Waals surface area contributed by atoms with Crippen LogP contribution in [-0.2, 0) is 21.2 Å². The third-order valence-electron chi connectivity index (χ3n) is 5.12. The van der Waals surface area contributed by atoms with E-state index in [4.69, 9.17) is 23.2 Å². The van der Waals surface area contributed by atoms with Crippen LogP contribution in [0.4, 0.5) is 5.69 Å². The van der Waals surface area contributed by atoms with Crippen molar-refractivity contribution in [1.29, 1.82) is 0 Å². The van der Waals surface area contributed by atoms with Gasteiger partial charge in [0, 0.05) is 28.3 Å². The molecule has 0 aromatic heterocycles. The van der Waals surface area contributed by atoms with Gasteiger partial charge in [-0.3, -0.25) is 9.69 Å². The predicted molar refractivity (Wildman–Crippen MR) is 107 cm³/mol. The van der Waals surface area contributed by atoms with Crippen LogP contribution in [0.25, 0.3) is 0 Å². The second-order valence-electron chi connectivity index (χ2n) is 6.95. The Hall–Kier alpha value is -1.60. The average molecular weight is 425 g/mol. The number of nitrogens with zero attached hydrogens (tertiary/aromatic N) is 2. The van der Waals surface area contributed by atoms with Gasteiger partial charge in [-0.15, -0.1) is 0 Å². The van der Waals surface area contributed by atoms with Crippen molar-refractivity contribution in [3.05, 3.63) is 64.1 Å². The second-order valence-corrected chi connectivity index (χ2v) is 9.95. The maximum atomic E-state index is 13.0. The molecule has 27 heavy (non-hydrogen) atoms. The SMILES string of the molecule is O=C1CN(Cc2ccccc2Cl)C2CS(=O)(=O)CC2N1c1cccc(Cl)c1. The molecule has 5 nitrogen and oxygen atoms in total. The number of sulfone groups is 1. The predicted octanol–water partition coefficient (Wildman–Crippen LogP) is 3.01. The zero-order valence-electron chi connectivity index (χ0n) is 14.4. The number of fused-ring (bicyclic) bond motifs is 1. The fraction of sp³-hybridized carbons (Fsp3) is 0.316. The lowest BCUT2D eigenvalue weighted by atomic mass is 10.0. The fourth-order valence-corrected chi connectivity index (χ4v) is 6.30. The summed E-state index contributed by atoms with van der Waals surface area (Å²) in [5.41, 5.74) is 1.52. The van der Waals surface area contributed by atoms with Gasteiger partial charge in [-0.2, -0.15) is 0 Å². The summed E-state index contributed by atoms with van der Waals surface area (Å²) in [5.74, 6) is -0.149. The molecule has 2 aliphatic heterocycles. The Morgan fingerprint density at radius 3 is 2.48 bits per heavy atom. The van der Waals surface area contributed by atoms with Crippen molar-refractivity contribution >= 4 is 44.6 Å². The van der Waals surface area contributed by atoms with Gasteiger partial charge < -0.3 is 4.90 Å². The number of benzene rings is 2. The number of anilines is 1. The molecular formula is C19H18Cl2N2O3S. The summed E-state index contributed by atoms with van der Waals surface area (Å²) in [6.07, 6.45) is 0. The molecule has 142 valence electrons. The molecule has 2 unspecified atom stereocenters. The van der Waals surface area contributed by atoms with Gasteiger partial charge in [0.2, 0.25) is 5.91 Å². The molecule has 2 fully saturated rings. The van der Waals surface area contributed by atoms with Crippen LogP contribution in [0, 0.1) is 0 Å². The Labute approximate surface area is 168 Å². The van der Waals surface area contributed by atoms with Crippen molar-refractivity contribution in [1.82, 2.24) is 4.90 Å². The highest BCUT2D eigenvalue weighted by Gasteiger charge is 2.49. The molecule has 0 radical (unpaired) electrons. The smallest absolute Gasteiger partial charge is 0.241 e. The van der Waals surface area contributed by atoms with Crippen molar-refractivity contribution < 1.29 is 13.2 Å². The van der Waals surface area contributed by atoms with Crippen molar-refractivity contribution in [2.24, 2.45) is 0 Å². The van der Waals surface area contributed by atoms with Crippen LogP contribution in [0.3, 0.4) is 0 Å². The molecule has 1 amide bonds. The minimum absolute atomic E-state index is 0.0342. The van der Waals surface area contributed by atoms with Crippen LogP contribution in [0.1, 0.15) is 5.56 Å². The zero-order valence-corrected chi connectivity index (χ0v) is 16.7. The van der Waals surface area contributed by atoms with Gasteiger partial charge in [-0.25, -0.2) is 8.42 Å². The molecule has 2 saturated heterocycles. The lowest BCUT2D eigenvalue weighted by Gasteiger charge is -2.43. The van der Waals surface area contributed by atoms with E-state index >= 15 is 0 Å². The number of amides is 1. The minimum atomic E-state index is -3.24. The quantitative estimate of drug-likeness (QED) is 0.759. The van der Waals surface area contributed by atoms with Gasteiger partial charge in [0.1, 0.15) is 0 Å². The van der Waals surface area contributed by atoms with Crippen LogP contribution < -0.4 is 4.90 Å². The van der Waals surface area contributed by atoms with Crippen LogP contribution in [0.5, 0.6) is 0 Å². The zero-order chi connectivity index (χ0) is 19.2. The van der Waals surface area contributed by atoms with Crippen LogP contribution in [-0.4, -0.2) is 49.4 Å². The summed E-state index contributed by atoms with van der Waals surface area (Å²) >= 11 is 12.3. The highest BCUT2D eigenvalue weighted by atomic mass is 35.5. The van der Waals surface area contributed by atoms with E-state index in [0.717, 1.165) is 5.56 Å². The van der Waals surface area contributed by atoms with E-state index in [-0.39, 0.29) is 30.0 Å². The molecule has 0 aliphatic carbocycles. The molecule has 0 saturated carbocycles. The van der Waals surface area contributed by atoms with E-state index in [1.54, 1.807) is 35.2 Å². The van der Waals surface area contributed by atoms with Crippen LogP contribution in [0.2, 0.25) is 10.0 Å². The summed E-state index contributed by atoms with van der Waals surface area (Å²) in [6.45, 7) is 0.569. The highest BCUT2D eigenvalue weighted by molar-refractivity contribution is 7.91. The summed E-state index contributed by atoms with van der Waals surface area (Å²) in [4.78, 5) is 16.5. The number of hydrogen-bond donors (Lipinski definition) is 0. The molecule has 8 heteroatoms. The molecule has 0 N–H and O–H groups in total. The number of rotatable bonds is 3. The van der Waals surface area contributed by atoms with Crippen molar-refractivity contribution in [2.45, 2.75) is 18.6 Å². The monoisotopic (exact) mass is 424 g/mol.